The Kier molecular flexibility index (Phi) is 3.42. The van der Waals surface area contributed by atoms with Gasteiger partial charge < -0.3 is 16.2 Å². The molecule has 0 aromatic carbocycles. The molecule has 1 fully saturated rings. The zero-order valence-electron chi connectivity index (χ0n) is 9.90. The van der Waals surface area contributed by atoms with E-state index in [0.29, 0.717) is 13.0 Å². The highest BCUT2D eigenvalue weighted by molar-refractivity contribution is 5.85. The van der Waals surface area contributed by atoms with E-state index in [1.165, 1.54) is 4.90 Å². The van der Waals surface area contributed by atoms with Crippen LogP contribution in [-0.2, 0) is 9.53 Å². The van der Waals surface area contributed by atoms with Gasteiger partial charge in [0.1, 0.15) is 11.6 Å². The van der Waals surface area contributed by atoms with Gasteiger partial charge in [-0.15, -0.1) is 0 Å². The van der Waals surface area contributed by atoms with Gasteiger partial charge in [0.25, 0.3) is 0 Å². The summed E-state index contributed by atoms with van der Waals surface area (Å²) in [4.78, 5) is 24.3. The standard InChI is InChI=1S/C10H19N3O3/c1-10(2,3)16-9(15)13-5-4-6(11)7(13)8(12)14/h6-7H,4-5,11H2,1-3H3,(H2,12,14)/t6-,7-/m0/s1. The van der Waals surface area contributed by atoms with Crippen molar-refractivity contribution >= 4 is 12.0 Å². The van der Waals surface area contributed by atoms with Crippen LogP contribution >= 0.6 is 0 Å². The van der Waals surface area contributed by atoms with Gasteiger partial charge in [0, 0.05) is 12.6 Å². The second-order valence-electron chi connectivity index (χ2n) is 4.97. The third-order valence-corrected chi connectivity index (χ3v) is 2.36. The fourth-order valence-corrected chi connectivity index (χ4v) is 1.71. The lowest BCUT2D eigenvalue weighted by molar-refractivity contribution is -0.122. The van der Waals surface area contributed by atoms with Crippen LogP contribution in [0.25, 0.3) is 0 Å². The summed E-state index contributed by atoms with van der Waals surface area (Å²) in [6, 6.07) is -1.15. The van der Waals surface area contributed by atoms with E-state index in [1.54, 1.807) is 20.8 Å². The Bertz CT molecular complexity index is 298. The normalized spacial score (nSPS) is 25.6. The molecule has 0 bridgehead atoms. The van der Waals surface area contributed by atoms with Crippen LogP contribution in [0.15, 0.2) is 0 Å². The molecule has 16 heavy (non-hydrogen) atoms. The van der Waals surface area contributed by atoms with E-state index >= 15 is 0 Å². The predicted octanol–water partition coefficient (Wildman–Crippen LogP) is -0.192. The molecule has 1 rings (SSSR count). The predicted molar refractivity (Wildman–Crippen MR) is 58.5 cm³/mol. The number of amides is 2. The highest BCUT2D eigenvalue weighted by Crippen LogP contribution is 2.19. The molecule has 1 aliphatic rings. The Morgan fingerprint density at radius 3 is 2.38 bits per heavy atom. The molecule has 1 saturated heterocycles. The van der Waals surface area contributed by atoms with Crippen LogP contribution in [0.1, 0.15) is 27.2 Å². The smallest absolute Gasteiger partial charge is 0.411 e. The lowest BCUT2D eigenvalue weighted by Crippen LogP contribution is -2.51. The van der Waals surface area contributed by atoms with Crippen molar-refractivity contribution in [3.05, 3.63) is 0 Å². The van der Waals surface area contributed by atoms with Crippen LogP contribution in [0.5, 0.6) is 0 Å². The lowest BCUT2D eigenvalue weighted by Gasteiger charge is -2.28. The molecule has 6 nitrogen and oxygen atoms in total. The van der Waals surface area contributed by atoms with Crippen molar-refractivity contribution in [1.29, 1.82) is 0 Å². The van der Waals surface area contributed by atoms with Gasteiger partial charge in [-0.2, -0.15) is 0 Å². The minimum absolute atomic E-state index is 0.398. The number of carbonyl (C=O) groups excluding carboxylic acids is 2. The number of primary amides is 1. The Morgan fingerprint density at radius 1 is 1.38 bits per heavy atom. The third-order valence-electron chi connectivity index (χ3n) is 2.36. The van der Waals surface area contributed by atoms with Crippen molar-refractivity contribution in [2.75, 3.05) is 6.54 Å². The number of hydrogen-bond donors (Lipinski definition) is 2. The molecule has 0 saturated carbocycles. The van der Waals surface area contributed by atoms with Gasteiger partial charge >= 0.3 is 6.09 Å². The number of nitrogens with two attached hydrogens (primary N) is 2. The van der Waals surface area contributed by atoms with Gasteiger partial charge in [-0.1, -0.05) is 0 Å². The summed E-state index contributed by atoms with van der Waals surface area (Å²) >= 11 is 0. The molecule has 0 aliphatic carbocycles. The third kappa shape index (κ3) is 2.85. The average molecular weight is 229 g/mol. The first-order valence-electron chi connectivity index (χ1n) is 5.27. The van der Waals surface area contributed by atoms with Crippen molar-refractivity contribution < 1.29 is 14.3 Å². The number of likely N-dealkylation sites (tertiary alicyclic amines) is 1. The summed E-state index contributed by atoms with van der Waals surface area (Å²) in [6.45, 7) is 5.70. The second-order valence-corrected chi connectivity index (χ2v) is 4.97. The van der Waals surface area contributed by atoms with Crippen LogP contribution in [0.4, 0.5) is 4.79 Å². The monoisotopic (exact) mass is 229 g/mol. The van der Waals surface area contributed by atoms with Crippen LogP contribution < -0.4 is 11.5 Å². The Balaban J connectivity index is 2.73. The molecule has 2 amide bonds. The number of rotatable bonds is 1. The molecule has 0 aromatic heterocycles. The number of carbonyl (C=O) groups is 2. The van der Waals surface area contributed by atoms with E-state index in [1.807, 2.05) is 0 Å². The van der Waals surface area contributed by atoms with E-state index in [-0.39, 0.29) is 0 Å². The molecule has 2 atom stereocenters. The minimum Gasteiger partial charge on any atom is -0.444 e. The van der Waals surface area contributed by atoms with Crippen LogP contribution in [0.2, 0.25) is 0 Å². The second kappa shape index (κ2) is 4.29. The van der Waals surface area contributed by atoms with E-state index in [2.05, 4.69) is 0 Å². The van der Waals surface area contributed by atoms with Crippen LogP contribution in [0, 0.1) is 0 Å². The summed E-state index contributed by atoms with van der Waals surface area (Å²) < 4.78 is 5.17. The van der Waals surface area contributed by atoms with Crippen molar-refractivity contribution in [3.63, 3.8) is 0 Å². The zero-order chi connectivity index (χ0) is 12.5. The first-order valence-corrected chi connectivity index (χ1v) is 5.27. The molecule has 92 valence electrons. The fraction of sp³-hybridized carbons (Fsp3) is 0.800. The Morgan fingerprint density at radius 2 is 1.94 bits per heavy atom. The first kappa shape index (κ1) is 12.8. The van der Waals surface area contributed by atoms with Crippen molar-refractivity contribution in [3.8, 4) is 0 Å². The van der Waals surface area contributed by atoms with E-state index < -0.39 is 29.7 Å². The van der Waals surface area contributed by atoms with E-state index in [4.69, 9.17) is 16.2 Å². The first-order chi connectivity index (χ1) is 7.22. The maximum absolute atomic E-state index is 11.8. The number of ether oxygens (including phenoxy) is 1. The molecular weight excluding hydrogens is 210 g/mol. The average Bonchev–Trinajstić information content (AvgIpc) is 2.43. The van der Waals surface area contributed by atoms with Crippen molar-refractivity contribution in [1.82, 2.24) is 4.90 Å². The number of hydrogen-bond acceptors (Lipinski definition) is 4. The zero-order valence-corrected chi connectivity index (χ0v) is 9.90. The molecule has 1 heterocycles. The summed E-state index contributed by atoms with van der Waals surface area (Å²) in [5.41, 5.74) is 10.3. The molecular formula is C10H19N3O3. The Labute approximate surface area is 94.9 Å². The lowest BCUT2D eigenvalue weighted by atomic mass is 10.1. The Hall–Kier alpha value is -1.30. The van der Waals surface area contributed by atoms with Crippen molar-refractivity contribution in [2.24, 2.45) is 11.5 Å². The highest BCUT2D eigenvalue weighted by atomic mass is 16.6. The molecule has 1 aliphatic heterocycles. The van der Waals surface area contributed by atoms with Crippen LogP contribution in [0.3, 0.4) is 0 Å². The van der Waals surface area contributed by atoms with Crippen molar-refractivity contribution in [2.45, 2.75) is 44.9 Å². The van der Waals surface area contributed by atoms with E-state index in [0.717, 1.165) is 0 Å². The maximum atomic E-state index is 11.8. The minimum atomic E-state index is -0.755. The number of nitrogens with zero attached hydrogens (tertiary/aromatic N) is 1. The van der Waals surface area contributed by atoms with Gasteiger partial charge in [0.15, 0.2) is 0 Å². The summed E-state index contributed by atoms with van der Waals surface area (Å²) in [5, 5.41) is 0. The SMILES string of the molecule is CC(C)(C)OC(=O)N1CC[C@H](N)[C@H]1C(N)=O. The maximum Gasteiger partial charge on any atom is 0.411 e. The van der Waals surface area contributed by atoms with Gasteiger partial charge in [-0.25, -0.2) is 4.79 Å². The van der Waals surface area contributed by atoms with E-state index in [9.17, 15) is 9.59 Å². The summed E-state index contributed by atoms with van der Waals surface area (Å²) in [5.74, 6) is -0.587. The molecule has 0 unspecified atom stereocenters. The van der Waals surface area contributed by atoms with Gasteiger partial charge in [0.2, 0.25) is 5.91 Å². The van der Waals surface area contributed by atoms with Gasteiger partial charge in [-0.3, -0.25) is 9.69 Å². The quantitative estimate of drug-likeness (QED) is 0.651. The van der Waals surface area contributed by atoms with Gasteiger partial charge in [0.05, 0.1) is 0 Å². The molecule has 4 N–H and O–H groups in total. The largest absolute Gasteiger partial charge is 0.444 e. The van der Waals surface area contributed by atoms with Gasteiger partial charge in [-0.05, 0) is 27.2 Å². The summed E-state index contributed by atoms with van der Waals surface area (Å²) in [7, 11) is 0. The summed E-state index contributed by atoms with van der Waals surface area (Å²) in [6.07, 6.45) is 0.0246. The topological polar surface area (TPSA) is 98.7 Å². The molecule has 0 radical (unpaired) electrons. The molecule has 0 spiro atoms. The molecule has 6 heteroatoms. The molecule has 0 aromatic rings. The highest BCUT2D eigenvalue weighted by Gasteiger charge is 2.40. The van der Waals surface area contributed by atoms with Crippen LogP contribution in [-0.4, -0.2) is 41.1 Å². The fourth-order valence-electron chi connectivity index (χ4n) is 1.71.